The molecule has 0 radical (unpaired) electrons. The van der Waals surface area contributed by atoms with E-state index in [1.807, 2.05) is 6.92 Å². The van der Waals surface area contributed by atoms with Crippen molar-refractivity contribution in [3.8, 4) is 5.75 Å². The number of benzene rings is 1. The monoisotopic (exact) mass is 329 g/mol. The average molecular weight is 330 g/mol. The van der Waals surface area contributed by atoms with Gasteiger partial charge in [-0.2, -0.15) is 0 Å². The number of ether oxygens (including phenoxy) is 2. The molecule has 0 bridgehead atoms. The number of methoxy groups -OCH3 is 2. The van der Waals surface area contributed by atoms with E-state index in [4.69, 9.17) is 4.74 Å². The number of carbonyl (C=O) groups excluding carboxylic acids is 2. The normalized spacial score (nSPS) is 11.6. The van der Waals surface area contributed by atoms with Crippen LogP contribution in [0.3, 0.4) is 0 Å². The number of amides is 1. The number of alkyl halides is 1. The van der Waals surface area contributed by atoms with Crippen molar-refractivity contribution in [3.05, 3.63) is 29.3 Å². The van der Waals surface area contributed by atoms with Crippen LogP contribution in [0, 0.1) is 6.92 Å². The smallest absolute Gasteiger partial charge is 0.321 e. The Hall–Kier alpha value is -1.56. The highest BCUT2D eigenvalue weighted by Crippen LogP contribution is 2.18. The van der Waals surface area contributed by atoms with E-state index in [9.17, 15) is 9.59 Å². The van der Waals surface area contributed by atoms with Gasteiger partial charge in [0.1, 0.15) is 10.6 Å². The molecule has 0 heterocycles. The molecular weight excluding hydrogens is 314 g/mol. The molecule has 0 aromatic heterocycles. The molecule has 0 spiro atoms. The van der Waals surface area contributed by atoms with Crippen molar-refractivity contribution in [1.82, 2.24) is 5.32 Å². The van der Waals surface area contributed by atoms with Gasteiger partial charge in [-0.3, -0.25) is 9.59 Å². The lowest BCUT2D eigenvalue weighted by atomic mass is 10.1. The molecular formula is C13H16BrNO4. The zero-order valence-electron chi connectivity index (χ0n) is 11.0. The quantitative estimate of drug-likeness (QED) is 0.659. The van der Waals surface area contributed by atoms with Crippen molar-refractivity contribution >= 4 is 27.8 Å². The van der Waals surface area contributed by atoms with E-state index in [0.717, 1.165) is 5.56 Å². The maximum Gasteiger partial charge on any atom is 0.321 e. The highest BCUT2D eigenvalue weighted by molar-refractivity contribution is 9.10. The lowest BCUT2D eigenvalue weighted by Gasteiger charge is -2.10. The second-order valence-corrected chi connectivity index (χ2v) is 4.99. The van der Waals surface area contributed by atoms with E-state index in [-0.39, 0.29) is 12.5 Å². The van der Waals surface area contributed by atoms with E-state index >= 15 is 0 Å². The summed E-state index contributed by atoms with van der Waals surface area (Å²) in [6.45, 7) is 2.05. The molecule has 0 saturated carbocycles. The molecule has 1 unspecified atom stereocenters. The van der Waals surface area contributed by atoms with Gasteiger partial charge in [0.2, 0.25) is 0 Å². The molecule has 104 valence electrons. The van der Waals surface area contributed by atoms with Crippen molar-refractivity contribution in [3.63, 3.8) is 0 Å². The largest absolute Gasteiger partial charge is 0.496 e. The molecule has 1 N–H and O–H groups in total. The van der Waals surface area contributed by atoms with Crippen molar-refractivity contribution < 1.29 is 19.1 Å². The summed E-state index contributed by atoms with van der Waals surface area (Å²) >= 11 is 3.13. The summed E-state index contributed by atoms with van der Waals surface area (Å²) < 4.78 is 9.70. The summed E-state index contributed by atoms with van der Waals surface area (Å²) in [5.74, 6) is -0.0514. The van der Waals surface area contributed by atoms with Gasteiger partial charge in [-0.15, -0.1) is 0 Å². The van der Waals surface area contributed by atoms with Crippen LogP contribution < -0.4 is 10.1 Å². The lowest BCUT2D eigenvalue weighted by molar-refractivity contribution is -0.139. The summed E-state index contributed by atoms with van der Waals surface area (Å²) in [6, 6.07) is 5.17. The Morgan fingerprint density at radius 3 is 2.63 bits per heavy atom. The Bertz CT molecular complexity index is 476. The first-order valence-corrected chi connectivity index (χ1v) is 6.56. The fourth-order valence-electron chi connectivity index (χ4n) is 1.46. The summed E-state index contributed by atoms with van der Waals surface area (Å²) in [5, 5.41) is 2.64. The molecule has 1 aromatic rings. The Morgan fingerprint density at radius 1 is 1.37 bits per heavy atom. The van der Waals surface area contributed by atoms with E-state index in [2.05, 4.69) is 26.0 Å². The minimum absolute atomic E-state index is 0.154. The molecule has 0 saturated heterocycles. The second-order valence-electron chi connectivity index (χ2n) is 3.89. The van der Waals surface area contributed by atoms with Crippen LogP contribution >= 0.6 is 15.9 Å². The molecule has 0 aliphatic rings. The number of rotatable bonds is 5. The van der Waals surface area contributed by atoms with Crippen LogP contribution in [0.2, 0.25) is 0 Å². The van der Waals surface area contributed by atoms with Gasteiger partial charge in [-0.1, -0.05) is 22.0 Å². The Labute approximate surface area is 120 Å². The summed E-state index contributed by atoms with van der Waals surface area (Å²) in [5.41, 5.74) is 1.43. The van der Waals surface area contributed by atoms with Crippen LogP contribution in [-0.2, 0) is 9.53 Å². The van der Waals surface area contributed by atoms with E-state index < -0.39 is 10.8 Å². The van der Waals surface area contributed by atoms with Gasteiger partial charge in [-0.25, -0.2) is 0 Å². The average Bonchev–Trinajstić information content (AvgIpc) is 2.43. The highest BCUT2D eigenvalue weighted by atomic mass is 79.9. The van der Waals surface area contributed by atoms with Gasteiger partial charge in [0.25, 0.3) is 5.91 Å². The van der Waals surface area contributed by atoms with Crippen LogP contribution in [0.5, 0.6) is 5.75 Å². The number of hydrogen-bond donors (Lipinski definition) is 1. The zero-order valence-corrected chi connectivity index (χ0v) is 12.6. The van der Waals surface area contributed by atoms with Crippen molar-refractivity contribution in [2.75, 3.05) is 20.8 Å². The van der Waals surface area contributed by atoms with E-state index in [1.165, 1.54) is 7.11 Å². The third-order valence-electron chi connectivity index (χ3n) is 2.57. The van der Waals surface area contributed by atoms with Crippen molar-refractivity contribution in [1.29, 1.82) is 0 Å². The Balaban J connectivity index is 2.66. The number of esters is 1. The Kier molecular flexibility index (Phi) is 5.82. The molecule has 0 aliphatic carbocycles. The van der Waals surface area contributed by atoms with Gasteiger partial charge < -0.3 is 14.8 Å². The maximum atomic E-state index is 11.9. The molecule has 19 heavy (non-hydrogen) atoms. The SMILES string of the molecule is COC(=O)C(Br)CNC(=O)c1ccc(C)c(OC)c1. The summed E-state index contributed by atoms with van der Waals surface area (Å²) in [4.78, 5) is 22.5. The predicted octanol–water partition coefficient (Wildman–Crippen LogP) is 1.67. The van der Waals surface area contributed by atoms with E-state index in [1.54, 1.807) is 25.3 Å². The highest BCUT2D eigenvalue weighted by Gasteiger charge is 2.17. The van der Waals surface area contributed by atoms with Crippen LogP contribution in [0.4, 0.5) is 0 Å². The first-order valence-electron chi connectivity index (χ1n) is 5.64. The molecule has 0 aliphatic heterocycles. The number of nitrogens with one attached hydrogen (secondary N) is 1. The zero-order chi connectivity index (χ0) is 14.4. The predicted molar refractivity (Wildman–Crippen MR) is 74.8 cm³/mol. The minimum atomic E-state index is -0.561. The fourth-order valence-corrected chi connectivity index (χ4v) is 1.81. The third-order valence-corrected chi connectivity index (χ3v) is 3.27. The molecule has 1 aromatic carbocycles. The number of hydrogen-bond acceptors (Lipinski definition) is 4. The molecule has 1 atom stereocenters. The Morgan fingerprint density at radius 2 is 2.05 bits per heavy atom. The molecule has 1 rings (SSSR count). The first-order chi connectivity index (χ1) is 8.99. The van der Waals surface area contributed by atoms with Gasteiger partial charge in [-0.05, 0) is 24.6 Å². The summed E-state index contributed by atoms with van der Waals surface area (Å²) in [7, 11) is 2.85. The van der Waals surface area contributed by atoms with Gasteiger partial charge in [0.15, 0.2) is 0 Å². The number of aryl methyl sites for hydroxylation is 1. The third kappa shape index (κ3) is 4.24. The van der Waals surface area contributed by atoms with E-state index in [0.29, 0.717) is 11.3 Å². The molecule has 1 amide bonds. The van der Waals surface area contributed by atoms with Crippen LogP contribution in [-0.4, -0.2) is 37.5 Å². The van der Waals surface area contributed by atoms with Crippen molar-refractivity contribution in [2.45, 2.75) is 11.8 Å². The van der Waals surface area contributed by atoms with Crippen molar-refractivity contribution in [2.24, 2.45) is 0 Å². The standard InChI is InChI=1S/C13H16BrNO4/c1-8-4-5-9(6-11(8)18-2)12(16)15-7-10(14)13(17)19-3/h4-6,10H,7H2,1-3H3,(H,15,16). The topological polar surface area (TPSA) is 64.6 Å². The minimum Gasteiger partial charge on any atom is -0.496 e. The lowest BCUT2D eigenvalue weighted by Crippen LogP contribution is -2.33. The first kappa shape index (κ1) is 15.5. The van der Waals surface area contributed by atoms with Gasteiger partial charge in [0, 0.05) is 12.1 Å². The van der Waals surface area contributed by atoms with Crippen LogP contribution in [0.1, 0.15) is 15.9 Å². The van der Waals surface area contributed by atoms with Crippen LogP contribution in [0.25, 0.3) is 0 Å². The summed E-state index contributed by atoms with van der Waals surface area (Å²) in [6.07, 6.45) is 0. The number of halogens is 1. The second kappa shape index (κ2) is 7.13. The molecule has 0 fully saturated rings. The van der Waals surface area contributed by atoms with Gasteiger partial charge in [0.05, 0.1) is 14.2 Å². The van der Waals surface area contributed by atoms with Crippen LogP contribution in [0.15, 0.2) is 18.2 Å². The number of carbonyl (C=O) groups is 2. The fraction of sp³-hybridized carbons (Fsp3) is 0.385. The molecule has 5 nitrogen and oxygen atoms in total. The maximum absolute atomic E-state index is 11.9. The van der Waals surface area contributed by atoms with Gasteiger partial charge >= 0.3 is 5.97 Å². The molecule has 6 heteroatoms.